The van der Waals surface area contributed by atoms with Crippen LogP contribution in [0.15, 0.2) is 36.7 Å². The Bertz CT molecular complexity index is 744. The van der Waals surface area contributed by atoms with E-state index >= 15 is 0 Å². The van der Waals surface area contributed by atoms with Crippen LogP contribution in [0.3, 0.4) is 0 Å². The zero-order valence-electron chi connectivity index (χ0n) is 14.1. The highest BCUT2D eigenvalue weighted by atomic mass is 35.5. The van der Waals surface area contributed by atoms with Gasteiger partial charge in [-0.25, -0.2) is 0 Å². The summed E-state index contributed by atoms with van der Waals surface area (Å²) in [4.78, 5) is 13.1. The van der Waals surface area contributed by atoms with Crippen LogP contribution in [0.4, 0.5) is 5.69 Å². The average Bonchev–Trinajstić information content (AvgIpc) is 3.37. The lowest BCUT2D eigenvalue weighted by Crippen LogP contribution is -2.37. The molecule has 2 aromatic rings. The maximum absolute atomic E-state index is 13.1. The van der Waals surface area contributed by atoms with Crippen molar-refractivity contribution in [2.45, 2.75) is 43.6 Å². The molecule has 1 saturated heterocycles. The zero-order valence-corrected chi connectivity index (χ0v) is 14.8. The van der Waals surface area contributed by atoms with Gasteiger partial charge in [0, 0.05) is 17.8 Å². The maximum atomic E-state index is 13.1. The summed E-state index contributed by atoms with van der Waals surface area (Å²) in [6.07, 6.45) is 8.45. The van der Waals surface area contributed by atoms with Crippen molar-refractivity contribution in [2.24, 2.45) is 0 Å². The molecule has 1 aromatic carbocycles. The van der Waals surface area contributed by atoms with E-state index in [0.717, 1.165) is 50.0 Å². The van der Waals surface area contributed by atoms with E-state index in [1.54, 1.807) is 6.20 Å². The summed E-state index contributed by atoms with van der Waals surface area (Å²) >= 11 is 6.02. The summed E-state index contributed by atoms with van der Waals surface area (Å²) in [7, 11) is 0. The molecule has 1 atom stereocenters. The van der Waals surface area contributed by atoms with Crippen LogP contribution in [0.2, 0.25) is 5.02 Å². The number of ether oxygens (including phenoxy) is 1. The molecule has 0 radical (unpaired) electrons. The minimum atomic E-state index is -0.469. The van der Waals surface area contributed by atoms with E-state index in [2.05, 4.69) is 10.4 Å². The smallest absolute Gasteiger partial charge is 0.235 e. The Labute approximate surface area is 152 Å². The lowest BCUT2D eigenvalue weighted by atomic mass is 9.78. The second kappa shape index (κ2) is 6.81. The van der Waals surface area contributed by atoms with E-state index in [0.29, 0.717) is 11.6 Å². The summed E-state index contributed by atoms with van der Waals surface area (Å²) in [5.74, 6) is 0.0505. The summed E-state index contributed by atoms with van der Waals surface area (Å²) in [6, 6.07) is 7.95. The maximum Gasteiger partial charge on any atom is 0.235 e. The fraction of sp³-hybridized carbons (Fsp3) is 0.474. The van der Waals surface area contributed by atoms with Gasteiger partial charge in [-0.15, -0.1) is 0 Å². The van der Waals surface area contributed by atoms with E-state index in [1.807, 2.05) is 35.1 Å². The molecule has 132 valence electrons. The van der Waals surface area contributed by atoms with Crippen molar-refractivity contribution in [3.63, 3.8) is 0 Å². The number of rotatable bonds is 4. The van der Waals surface area contributed by atoms with Gasteiger partial charge in [-0.3, -0.25) is 9.48 Å². The summed E-state index contributed by atoms with van der Waals surface area (Å²) in [5, 5.41) is 8.17. The molecule has 1 aromatic heterocycles. The Hall–Kier alpha value is -1.85. The fourth-order valence-electron chi connectivity index (χ4n) is 3.98. The van der Waals surface area contributed by atoms with Crippen LogP contribution >= 0.6 is 11.6 Å². The van der Waals surface area contributed by atoms with Gasteiger partial charge < -0.3 is 10.1 Å². The predicted molar refractivity (Wildman–Crippen MR) is 96.9 cm³/mol. The van der Waals surface area contributed by atoms with E-state index in [4.69, 9.17) is 16.3 Å². The van der Waals surface area contributed by atoms with Crippen LogP contribution in [0.5, 0.6) is 0 Å². The number of hydrogen-bond donors (Lipinski definition) is 1. The molecule has 1 aliphatic carbocycles. The molecule has 1 amide bonds. The number of carbonyl (C=O) groups is 1. The summed E-state index contributed by atoms with van der Waals surface area (Å²) in [5.41, 5.74) is 1.32. The van der Waals surface area contributed by atoms with Gasteiger partial charge in [0.05, 0.1) is 29.9 Å². The monoisotopic (exact) mass is 359 g/mol. The molecule has 25 heavy (non-hydrogen) atoms. The largest absolute Gasteiger partial charge is 0.379 e. The van der Waals surface area contributed by atoms with E-state index in [1.165, 1.54) is 0 Å². The van der Waals surface area contributed by atoms with Gasteiger partial charge in [0.15, 0.2) is 0 Å². The molecule has 0 unspecified atom stereocenters. The Balaban J connectivity index is 1.54. The Morgan fingerprint density at radius 1 is 1.28 bits per heavy atom. The number of anilines is 1. The molecule has 2 fully saturated rings. The number of amides is 1. The number of nitrogens with one attached hydrogen (secondary N) is 1. The first-order valence-electron chi connectivity index (χ1n) is 8.87. The van der Waals surface area contributed by atoms with Crippen molar-refractivity contribution in [3.05, 3.63) is 47.2 Å². The predicted octanol–water partition coefficient (Wildman–Crippen LogP) is 3.95. The van der Waals surface area contributed by atoms with Crippen LogP contribution in [0, 0.1) is 0 Å². The Morgan fingerprint density at radius 3 is 2.72 bits per heavy atom. The highest BCUT2D eigenvalue weighted by molar-refractivity contribution is 6.30. The molecule has 6 heteroatoms. The van der Waals surface area contributed by atoms with Crippen molar-refractivity contribution in [1.82, 2.24) is 9.78 Å². The first-order valence-corrected chi connectivity index (χ1v) is 9.25. The van der Waals surface area contributed by atoms with Gasteiger partial charge in [-0.05, 0) is 37.0 Å². The minimum Gasteiger partial charge on any atom is -0.379 e. The van der Waals surface area contributed by atoms with Gasteiger partial charge in [0.25, 0.3) is 0 Å². The number of hydrogen-bond acceptors (Lipinski definition) is 3. The Morgan fingerprint density at radius 2 is 2.04 bits per heavy atom. The summed E-state index contributed by atoms with van der Waals surface area (Å²) in [6.45, 7) is 1.45. The minimum absolute atomic E-state index is 0.0505. The van der Waals surface area contributed by atoms with Gasteiger partial charge >= 0.3 is 0 Å². The third kappa shape index (κ3) is 3.18. The number of aromatic nitrogens is 2. The van der Waals surface area contributed by atoms with Gasteiger partial charge in [-0.2, -0.15) is 5.10 Å². The molecule has 0 bridgehead atoms. The molecule has 5 nitrogen and oxygen atoms in total. The zero-order chi connectivity index (χ0) is 17.3. The highest BCUT2D eigenvalue weighted by Gasteiger charge is 2.42. The number of halogens is 1. The van der Waals surface area contributed by atoms with E-state index in [-0.39, 0.29) is 11.9 Å². The molecule has 2 heterocycles. The van der Waals surface area contributed by atoms with Crippen molar-refractivity contribution < 1.29 is 9.53 Å². The molecular weight excluding hydrogens is 338 g/mol. The van der Waals surface area contributed by atoms with E-state index in [9.17, 15) is 4.79 Å². The van der Waals surface area contributed by atoms with Crippen LogP contribution in [-0.2, 0) is 14.9 Å². The highest BCUT2D eigenvalue weighted by Crippen LogP contribution is 2.42. The van der Waals surface area contributed by atoms with Crippen molar-refractivity contribution in [1.29, 1.82) is 0 Å². The quantitative estimate of drug-likeness (QED) is 0.899. The second-order valence-electron chi connectivity index (χ2n) is 6.98. The average molecular weight is 360 g/mol. The number of benzene rings is 1. The third-order valence-electron chi connectivity index (χ3n) is 5.43. The molecule has 2 aliphatic rings. The van der Waals surface area contributed by atoms with Crippen LogP contribution < -0.4 is 5.32 Å². The molecule has 1 saturated carbocycles. The molecule has 1 N–H and O–H groups in total. The third-order valence-corrected chi connectivity index (χ3v) is 5.68. The lowest BCUT2D eigenvalue weighted by Gasteiger charge is -2.28. The molecule has 1 aliphatic heterocycles. The lowest BCUT2D eigenvalue weighted by molar-refractivity contribution is -0.121. The first-order chi connectivity index (χ1) is 12.2. The van der Waals surface area contributed by atoms with Gasteiger partial charge in [0.2, 0.25) is 5.91 Å². The van der Waals surface area contributed by atoms with Crippen molar-refractivity contribution in [3.8, 4) is 0 Å². The van der Waals surface area contributed by atoms with Crippen LogP contribution in [0.25, 0.3) is 0 Å². The topological polar surface area (TPSA) is 56.2 Å². The first kappa shape index (κ1) is 16.6. The van der Waals surface area contributed by atoms with Crippen LogP contribution in [0.1, 0.15) is 43.7 Å². The Kier molecular flexibility index (Phi) is 4.52. The van der Waals surface area contributed by atoms with Gasteiger partial charge in [-0.1, -0.05) is 36.6 Å². The normalized spacial score (nSPS) is 22.2. The number of carbonyl (C=O) groups excluding carboxylic acids is 1. The van der Waals surface area contributed by atoms with E-state index < -0.39 is 5.41 Å². The fourth-order valence-corrected chi connectivity index (χ4v) is 4.10. The number of nitrogens with zero attached hydrogens (tertiary/aromatic N) is 2. The van der Waals surface area contributed by atoms with Crippen molar-refractivity contribution >= 4 is 23.2 Å². The summed E-state index contributed by atoms with van der Waals surface area (Å²) < 4.78 is 7.30. The standard InChI is InChI=1S/C19H22ClN3O2/c20-15-5-3-14(4-6-15)19(8-1-2-9-19)18(24)22-16-11-21-23(12-16)17-7-10-25-13-17/h3-6,11-12,17H,1-2,7-10,13H2,(H,22,24)/t17-/m1/s1. The van der Waals surface area contributed by atoms with Crippen LogP contribution in [-0.4, -0.2) is 28.9 Å². The second-order valence-corrected chi connectivity index (χ2v) is 7.41. The van der Waals surface area contributed by atoms with Crippen molar-refractivity contribution in [2.75, 3.05) is 18.5 Å². The molecule has 0 spiro atoms. The molecule has 4 rings (SSSR count). The SMILES string of the molecule is O=C(Nc1cnn([C@@H]2CCOC2)c1)C1(c2ccc(Cl)cc2)CCCC1. The molecular formula is C19H22ClN3O2. The van der Waals surface area contributed by atoms with Gasteiger partial charge in [0.1, 0.15) is 0 Å².